The van der Waals surface area contributed by atoms with E-state index < -0.39 is 0 Å². The molecule has 1 heterocycles. The minimum absolute atomic E-state index is 0.248. The van der Waals surface area contributed by atoms with Crippen LogP contribution >= 0.6 is 11.6 Å². The van der Waals surface area contributed by atoms with Crippen LogP contribution in [-0.2, 0) is 0 Å². The molecule has 1 aromatic heterocycles. The predicted octanol–water partition coefficient (Wildman–Crippen LogP) is 4.97. The molecular weight excluding hydrogens is 364 g/mol. The molecule has 0 aliphatic rings. The van der Waals surface area contributed by atoms with Crippen molar-refractivity contribution in [2.45, 2.75) is 0 Å². The van der Waals surface area contributed by atoms with Gasteiger partial charge in [0.05, 0.1) is 27.0 Å². The molecule has 0 N–H and O–H groups in total. The zero-order valence-corrected chi connectivity index (χ0v) is 15.9. The molecule has 5 nitrogen and oxygen atoms in total. The first-order valence-corrected chi connectivity index (χ1v) is 8.46. The number of hydrogen-bond donors (Lipinski definition) is 0. The largest absolute Gasteiger partial charge is 0.497 e. The van der Waals surface area contributed by atoms with Crippen LogP contribution in [0.2, 0.25) is 5.02 Å². The van der Waals surface area contributed by atoms with Crippen LogP contribution in [0.5, 0.6) is 17.4 Å². The number of pyridine rings is 1. The van der Waals surface area contributed by atoms with Crippen molar-refractivity contribution in [1.82, 2.24) is 4.98 Å². The monoisotopic (exact) mass is 380 g/mol. The van der Waals surface area contributed by atoms with Crippen molar-refractivity contribution >= 4 is 11.6 Å². The average Bonchev–Trinajstić information content (AvgIpc) is 2.72. The van der Waals surface area contributed by atoms with Gasteiger partial charge in [0.25, 0.3) is 0 Å². The van der Waals surface area contributed by atoms with E-state index in [2.05, 4.69) is 11.1 Å². The Bertz CT molecular complexity index is 1010. The summed E-state index contributed by atoms with van der Waals surface area (Å²) in [7, 11) is 4.67. The van der Waals surface area contributed by atoms with E-state index in [-0.39, 0.29) is 5.88 Å². The molecule has 0 spiro atoms. The summed E-state index contributed by atoms with van der Waals surface area (Å²) >= 11 is 6.00. The van der Waals surface area contributed by atoms with E-state index >= 15 is 0 Å². The first-order chi connectivity index (χ1) is 13.1. The minimum atomic E-state index is 0.248. The SMILES string of the molecule is COc1ccc(-c2cc(-c3ccc(Cl)cc3)c(C#N)c(OC)n2)c(OC)c1. The van der Waals surface area contributed by atoms with Gasteiger partial charge in [-0.3, -0.25) is 0 Å². The molecule has 0 saturated carbocycles. The van der Waals surface area contributed by atoms with E-state index in [0.29, 0.717) is 33.3 Å². The molecule has 0 bridgehead atoms. The standard InChI is InChI=1S/C21H17ClN2O3/c1-25-15-8-9-16(20(10-15)26-2)19-11-17(13-4-6-14(22)7-5-13)18(12-23)21(24-19)27-3/h4-11H,1-3H3. The highest BCUT2D eigenvalue weighted by atomic mass is 35.5. The molecule has 0 aliphatic carbocycles. The van der Waals surface area contributed by atoms with Crippen LogP contribution in [0.3, 0.4) is 0 Å². The number of nitrogens with zero attached hydrogens (tertiary/aromatic N) is 2. The summed E-state index contributed by atoms with van der Waals surface area (Å²) < 4.78 is 16.1. The second-order valence-electron chi connectivity index (χ2n) is 5.62. The fourth-order valence-electron chi connectivity index (χ4n) is 2.78. The maximum absolute atomic E-state index is 9.64. The molecular formula is C21H17ClN2O3. The molecule has 2 aromatic carbocycles. The molecule has 0 amide bonds. The lowest BCUT2D eigenvalue weighted by Crippen LogP contribution is -1.99. The maximum Gasteiger partial charge on any atom is 0.232 e. The lowest BCUT2D eigenvalue weighted by atomic mass is 9.98. The number of methoxy groups -OCH3 is 3. The van der Waals surface area contributed by atoms with Gasteiger partial charge in [0.2, 0.25) is 5.88 Å². The topological polar surface area (TPSA) is 64.4 Å². The summed E-state index contributed by atoms with van der Waals surface area (Å²) in [4.78, 5) is 4.51. The van der Waals surface area contributed by atoms with Gasteiger partial charge in [0.15, 0.2) is 0 Å². The Labute approximate surface area is 162 Å². The van der Waals surface area contributed by atoms with Gasteiger partial charge in [-0.05, 0) is 35.9 Å². The van der Waals surface area contributed by atoms with Gasteiger partial charge in [-0.25, -0.2) is 4.98 Å². The highest BCUT2D eigenvalue weighted by molar-refractivity contribution is 6.30. The van der Waals surface area contributed by atoms with Crippen molar-refractivity contribution in [2.75, 3.05) is 21.3 Å². The van der Waals surface area contributed by atoms with Gasteiger partial charge in [0, 0.05) is 22.2 Å². The van der Waals surface area contributed by atoms with Crippen molar-refractivity contribution in [3.05, 3.63) is 59.1 Å². The summed E-state index contributed by atoms with van der Waals surface area (Å²) in [6.45, 7) is 0. The summed E-state index contributed by atoms with van der Waals surface area (Å²) in [6.07, 6.45) is 0. The zero-order chi connectivity index (χ0) is 19.4. The van der Waals surface area contributed by atoms with Gasteiger partial charge in [-0.1, -0.05) is 23.7 Å². The fraction of sp³-hybridized carbons (Fsp3) is 0.143. The molecule has 0 saturated heterocycles. The van der Waals surface area contributed by atoms with Crippen LogP contribution in [0.1, 0.15) is 5.56 Å². The summed E-state index contributed by atoms with van der Waals surface area (Å²) in [5.74, 6) is 1.53. The number of rotatable bonds is 5. The Balaban J connectivity index is 2.25. The van der Waals surface area contributed by atoms with E-state index in [4.69, 9.17) is 25.8 Å². The molecule has 0 radical (unpaired) electrons. The van der Waals surface area contributed by atoms with Crippen molar-refractivity contribution in [3.63, 3.8) is 0 Å². The molecule has 0 aliphatic heterocycles. The van der Waals surface area contributed by atoms with Crippen LogP contribution in [0.15, 0.2) is 48.5 Å². The third-order valence-electron chi connectivity index (χ3n) is 4.13. The molecule has 136 valence electrons. The van der Waals surface area contributed by atoms with E-state index in [9.17, 15) is 5.26 Å². The Morgan fingerprint density at radius 1 is 0.889 bits per heavy atom. The van der Waals surface area contributed by atoms with Gasteiger partial charge >= 0.3 is 0 Å². The molecule has 3 rings (SSSR count). The van der Waals surface area contributed by atoms with E-state index in [1.54, 1.807) is 32.4 Å². The Kier molecular flexibility index (Phi) is 5.49. The lowest BCUT2D eigenvalue weighted by Gasteiger charge is -2.14. The van der Waals surface area contributed by atoms with Crippen LogP contribution < -0.4 is 14.2 Å². The summed E-state index contributed by atoms with van der Waals surface area (Å²) in [5, 5.41) is 10.3. The Morgan fingerprint density at radius 3 is 2.22 bits per heavy atom. The number of nitriles is 1. The van der Waals surface area contributed by atoms with Gasteiger partial charge in [0.1, 0.15) is 23.1 Å². The smallest absolute Gasteiger partial charge is 0.232 e. The van der Waals surface area contributed by atoms with Crippen molar-refractivity contribution in [2.24, 2.45) is 0 Å². The van der Waals surface area contributed by atoms with E-state index in [1.165, 1.54) is 7.11 Å². The quantitative estimate of drug-likeness (QED) is 0.625. The fourth-order valence-corrected chi connectivity index (χ4v) is 2.91. The average molecular weight is 381 g/mol. The molecule has 27 heavy (non-hydrogen) atoms. The zero-order valence-electron chi connectivity index (χ0n) is 15.1. The molecule has 0 unspecified atom stereocenters. The number of ether oxygens (including phenoxy) is 3. The predicted molar refractivity (Wildman–Crippen MR) is 104 cm³/mol. The van der Waals surface area contributed by atoms with E-state index in [0.717, 1.165) is 11.1 Å². The first-order valence-electron chi connectivity index (χ1n) is 8.08. The van der Waals surface area contributed by atoms with Gasteiger partial charge in [-0.15, -0.1) is 0 Å². The van der Waals surface area contributed by atoms with Crippen LogP contribution in [-0.4, -0.2) is 26.3 Å². The summed E-state index contributed by atoms with van der Waals surface area (Å²) in [5.41, 5.74) is 3.28. The Hall–Kier alpha value is -3.23. The maximum atomic E-state index is 9.64. The number of halogens is 1. The van der Waals surface area contributed by atoms with Crippen LogP contribution in [0, 0.1) is 11.3 Å². The molecule has 0 fully saturated rings. The normalized spacial score (nSPS) is 10.2. The van der Waals surface area contributed by atoms with Crippen LogP contribution in [0.25, 0.3) is 22.4 Å². The summed E-state index contributed by atoms with van der Waals surface area (Å²) in [6, 6.07) is 16.8. The van der Waals surface area contributed by atoms with Crippen molar-refractivity contribution < 1.29 is 14.2 Å². The van der Waals surface area contributed by atoms with Crippen LogP contribution in [0.4, 0.5) is 0 Å². The van der Waals surface area contributed by atoms with Gasteiger partial charge < -0.3 is 14.2 Å². The van der Waals surface area contributed by atoms with E-state index in [1.807, 2.05) is 30.3 Å². The Morgan fingerprint density at radius 2 is 1.63 bits per heavy atom. The first kappa shape index (κ1) is 18.6. The number of aromatic nitrogens is 1. The minimum Gasteiger partial charge on any atom is -0.497 e. The van der Waals surface area contributed by atoms with Crippen molar-refractivity contribution in [1.29, 1.82) is 5.26 Å². The molecule has 3 aromatic rings. The third kappa shape index (κ3) is 3.67. The number of benzene rings is 2. The molecule has 6 heteroatoms. The second kappa shape index (κ2) is 7.98. The highest BCUT2D eigenvalue weighted by Gasteiger charge is 2.18. The second-order valence-corrected chi connectivity index (χ2v) is 6.06. The van der Waals surface area contributed by atoms with Crippen molar-refractivity contribution in [3.8, 4) is 45.8 Å². The van der Waals surface area contributed by atoms with Gasteiger partial charge in [-0.2, -0.15) is 5.26 Å². The highest BCUT2D eigenvalue weighted by Crippen LogP contribution is 2.38. The number of hydrogen-bond acceptors (Lipinski definition) is 5. The molecule has 0 atom stereocenters. The third-order valence-corrected chi connectivity index (χ3v) is 4.38. The lowest BCUT2D eigenvalue weighted by molar-refractivity contribution is 0.393.